The van der Waals surface area contributed by atoms with Gasteiger partial charge in [-0.2, -0.15) is 0 Å². The fourth-order valence-electron chi connectivity index (χ4n) is 3.38. The van der Waals surface area contributed by atoms with Crippen LogP contribution in [-0.2, 0) is 6.61 Å². The zero-order valence-corrected chi connectivity index (χ0v) is 16.4. The van der Waals surface area contributed by atoms with Crippen LogP contribution in [0.1, 0.15) is 16.7 Å². The third kappa shape index (κ3) is 3.04. The molecule has 3 heterocycles. The Labute approximate surface area is 171 Å². The van der Waals surface area contributed by atoms with Gasteiger partial charge in [-0.15, -0.1) is 0 Å². The van der Waals surface area contributed by atoms with Crippen molar-refractivity contribution in [1.82, 2.24) is 0 Å². The summed E-state index contributed by atoms with van der Waals surface area (Å²) in [4.78, 5) is 11.9. The molecule has 7 heteroatoms. The van der Waals surface area contributed by atoms with Crippen LogP contribution in [0.3, 0.4) is 0 Å². The van der Waals surface area contributed by atoms with Crippen LogP contribution in [0, 0.1) is 13.8 Å². The standard InChI is InChI=1S/C23H18O7/c1-12-21(24)13(2)23(25)30-22(12)20-8-15-4-5-16(9-18(15)29-20)26-10-14-3-6-17-19(7-14)28-11-27-17/h3-9,24H,10-11H2,1-2H3. The number of aromatic hydroxyl groups is 1. The van der Waals surface area contributed by atoms with Crippen molar-refractivity contribution in [1.29, 1.82) is 0 Å². The lowest BCUT2D eigenvalue weighted by Crippen LogP contribution is -2.05. The molecule has 0 fully saturated rings. The van der Waals surface area contributed by atoms with Gasteiger partial charge in [0.1, 0.15) is 23.7 Å². The summed E-state index contributed by atoms with van der Waals surface area (Å²) in [7, 11) is 0. The summed E-state index contributed by atoms with van der Waals surface area (Å²) in [6, 6.07) is 12.9. The summed E-state index contributed by atoms with van der Waals surface area (Å²) in [6.07, 6.45) is 0. The van der Waals surface area contributed by atoms with Crippen LogP contribution in [-0.4, -0.2) is 11.9 Å². The molecule has 0 spiro atoms. The summed E-state index contributed by atoms with van der Waals surface area (Å²) in [5.74, 6) is 2.55. The molecule has 0 bridgehead atoms. The summed E-state index contributed by atoms with van der Waals surface area (Å²) in [5, 5.41) is 11.0. The lowest BCUT2D eigenvalue weighted by Gasteiger charge is -2.07. The number of hydrogen-bond donors (Lipinski definition) is 1. The zero-order valence-electron chi connectivity index (χ0n) is 16.4. The molecule has 30 heavy (non-hydrogen) atoms. The van der Waals surface area contributed by atoms with Gasteiger partial charge in [0.15, 0.2) is 23.0 Å². The predicted octanol–water partition coefficient (Wildman–Crippen LogP) is 4.68. The zero-order chi connectivity index (χ0) is 20.8. The van der Waals surface area contributed by atoms with Gasteiger partial charge in [0.05, 0.1) is 5.56 Å². The Kier molecular flexibility index (Phi) is 4.17. The van der Waals surface area contributed by atoms with E-state index >= 15 is 0 Å². The highest BCUT2D eigenvalue weighted by atomic mass is 16.7. The fourth-order valence-corrected chi connectivity index (χ4v) is 3.38. The molecule has 5 rings (SSSR count). The van der Waals surface area contributed by atoms with Crippen molar-refractivity contribution in [3.63, 3.8) is 0 Å². The van der Waals surface area contributed by atoms with E-state index < -0.39 is 5.63 Å². The third-order valence-corrected chi connectivity index (χ3v) is 5.11. The lowest BCUT2D eigenvalue weighted by atomic mass is 10.1. The van der Waals surface area contributed by atoms with E-state index in [1.165, 1.54) is 6.92 Å². The van der Waals surface area contributed by atoms with Gasteiger partial charge in [0, 0.05) is 17.0 Å². The molecule has 1 N–H and O–H groups in total. The first-order valence-corrected chi connectivity index (χ1v) is 9.38. The number of furan rings is 1. The van der Waals surface area contributed by atoms with Crippen LogP contribution >= 0.6 is 0 Å². The van der Waals surface area contributed by atoms with Crippen LogP contribution < -0.4 is 19.8 Å². The van der Waals surface area contributed by atoms with Crippen LogP contribution in [0.5, 0.6) is 23.0 Å². The minimum Gasteiger partial charge on any atom is -0.507 e. The van der Waals surface area contributed by atoms with Gasteiger partial charge in [0.2, 0.25) is 6.79 Å². The van der Waals surface area contributed by atoms with E-state index in [9.17, 15) is 9.90 Å². The van der Waals surface area contributed by atoms with Crippen molar-refractivity contribution in [2.45, 2.75) is 20.5 Å². The molecule has 1 aliphatic rings. The molecule has 0 atom stereocenters. The van der Waals surface area contributed by atoms with Crippen molar-refractivity contribution in [2.24, 2.45) is 0 Å². The maximum Gasteiger partial charge on any atom is 0.343 e. The Hall–Kier alpha value is -3.87. The van der Waals surface area contributed by atoms with Crippen LogP contribution in [0.2, 0.25) is 0 Å². The summed E-state index contributed by atoms with van der Waals surface area (Å²) in [5.41, 5.74) is 1.56. The van der Waals surface area contributed by atoms with Crippen molar-refractivity contribution >= 4 is 11.0 Å². The lowest BCUT2D eigenvalue weighted by molar-refractivity contribution is 0.174. The molecule has 0 amide bonds. The minimum atomic E-state index is -0.596. The number of rotatable bonds is 4. The number of benzene rings is 2. The van der Waals surface area contributed by atoms with Gasteiger partial charge in [-0.05, 0) is 49.7 Å². The molecule has 4 aromatic rings. The van der Waals surface area contributed by atoms with Gasteiger partial charge in [-0.3, -0.25) is 0 Å². The Morgan fingerprint density at radius 3 is 2.67 bits per heavy atom. The van der Waals surface area contributed by atoms with E-state index in [4.69, 9.17) is 23.0 Å². The SMILES string of the molecule is Cc1c(-c2cc3ccc(OCc4ccc5c(c4)OCO5)cc3o2)oc(=O)c(C)c1O. The first kappa shape index (κ1) is 18.2. The van der Waals surface area contributed by atoms with Crippen LogP contribution in [0.15, 0.2) is 56.1 Å². The molecule has 0 saturated heterocycles. The first-order chi connectivity index (χ1) is 14.5. The van der Waals surface area contributed by atoms with Gasteiger partial charge >= 0.3 is 5.63 Å². The molecule has 0 saturated carbocycles. The highest BCUT2D eigenvalue weighted by molar-refractivity contribution is 5.83. The van der Waals surface area contributed by atoms with Crippen LogP contribution in [0.25, 0.3) is 22.5 Å². The second-order valence-corrected chi connectivity index (χ2v) is 7.10. The Bertz CT molecular complexity index is 1330. The van der Waals surface area contributed by atoms with E-state index in [0.717, 1.165) is 16.7 Å². The van der Waals surface area contributed by atoms with E-state index in [2.05, 4.69) is 0 Å². The number of ether oxygens (including phenoxy) is 3. The molecule has 7 nitrogen and oxygen atoms in total. The monoisotopic (exact) mass is 406 g/mol. The maximum absolute atomic E-state index is 11.9. The number of hydrogen-bond acceptors (Lipinski definition) is 7. The average Bonchev–Trinajstić information content (AvgIpc) is 3.39. The van der Waals surface area contributed by atoms with Crippen molar-refractivity contribution < 1.29 is 28.2 Å². The topological polar surface area (TPSA) is 91.3 Å². The molecule has 2 aromatic heterocycles. The fraction of sp³-hybridized carbons (Fsp3) is 0.174. The van der Waals surface area contributed by atoms with Crippen molar-refractivity contribution in [3.8, 4) is 34.5 Å². The Morgan fingerprint density at radius 2 is 1.80 bits per heavy atom. The normalized spacial score (nSPS) is 12.5. The molecule has 0 unspecified atom stereocenters. The van der Waals surface area contributed by atoms with E-state index in [1.54, 1.807) is 19.1 Å². The van der Waals surface area contributed by atoms with Crippen LogP contribution in [0.4, 0.5) is 0 Å². The largest absolute Gasteiger partial charge is 0.507 e. The highest BCUT2D eigenvalue weighted by Crippen LogP contribution is 2.35. The van der Waals surface area contributed by atoms with Gasteiger partial charge in [-0.25, -0.2) is 4.79 Å². The van der Waals surface area contributed by atoms with E-state index in [0.29, 0.717) is 35.0 Å². The molecule has 0 aliphatic carbocycles. The van der Waals surface area contributed by atoms with Gasteiger partial charge in [-0.1, -0.05) is 6.07 Å². The Morgan fingerprint density at radius 1 is 0.967 bits per heavy atom. The quantitative estimate of drug-likeness (QED) is 0.526. The summed E-state index contributed by atoms with van der Waals surface area (Å²) >= 11 is 0. The predicted molar refractivity (Wildman–Crippen MR) is 108 cm³/mol. The number of fused-ring (bicyclic) bond motifs is 2. The molecule has 2 aromatic carbocycles. The minimum absolute atomic E-state index is 0.0885. The molecular weight excluding hydrogens is 388 g/mol. The van der Waals surface area contributed by atoms with E-state index in [-0.39, 0.29) is 23.9 Å². The summed E-state index contributed by atoms with van der Waals surface area (Å²) < 4.78 is 27.8. The van der Waals surface area contributed by atoms with Crippen molar-refractivity contribution in [3.05, 3.63) is 69.6 Å². The maximum atomic E-state index is 11.9. The second kappa shape index (κ2) is 6.88. The van der Waals surface area contributed by atoms with Crippen molar-refractivity contribution in [2.75, 3.05) is 6.79 Å². The molecule has 0 radical (unpaired) electrons. The molecule has 152 valence electrons. The molecule has 1 aliphatic heterocycles. The first-order valence-electron chi connectivity index (χ1n) is 9.38. The summed E-state index contributed by atoms with van der Waals surface area (Å²) in [6.45, 7) is 3.78. The third-order valence-electron chi connectivity index (χ3n) is 5.11. The smallest absolute Gasteiger partial charge is 0.343 e. The second-order valence-electron chi connectivity index (χ2n) is 7.10. The van der Waals surface area contributed by atoms with E-state index in [1.807, 2.05) is 30.3 Å². The molecular formula is C23H18O7. The Balaban J connectivity index is 1.41. The van der Waals surface area contributed by atoms with Gasteiger partial charge in [0.25, 0.3) is 0 Å². The van der Waals surface area contributed by atoms with Gasteiger partial charge < -0.3 is 28.2 Å². The average molecular weight is 406 g/mol. The highest BCUT2D eigenvalue weighted by Gasteiger charge is 2.18.